The Labute approximate surface area is 156 Å². The first-order valence-electron chi connectivity index (χ1n) is 8.99. The van der Waals surface area contributed by atoms with E-state index in [-0.39, 0.29) is 0 Å². The monoisotopic (exact) mass is 331 g/mol. The molecule has 0 saturated heterocycles. The summed E-state index contributed by atoms with van der Waals surface area (Å²) in [7, 11) is 2.12. The second-order valence-corrected chi connectivity index (χ2v) is 6.44. The topological polar surface area (TPSA) is 0 Å². The Morgan fingerprint density at radius 1 is 0.423 bits per heavy atom. The van der Waals surface area contributed by atoms with Gasteiger partial charge in [-0.3, -0.25) is 0 Å². The summed E-state index contributed by atoms with van der Waals surface area (Å²) in [5, 5.41) is 0. The molecule has 0 heterocycles. The van der Waals surface area contributed by atoms with Crippen molar-refractivity contribution in [2.75, 3.05) is 0 Å². The highest BCUT2D eigenvalue weighted by Crippen LogP contribution is 2.32. The molecule has 0 fully saturated rings. The van der Waals surface area contributed by atoms with Gasteiger partial charge in [0, 0.05) is 0 Å². The molecule has 0 unspecified atom stereocenters. The van der Waals surface area contributed by atoms with Crippen LogP contribution in [0.1, 0.15) is 0 Å². The second-order valence-electron chi connectivity index (χ2n) is 6.44. The normalized spacial score (nSPS) is 10.5. The van der Waals surface area contributed by atoms with Crippen molar-refractivity contribution >= 4 is 12.7 Å². The van der Waals surface area contributed by atoms with Crippen LogP contribution in [0.4, 0.5) is 0 Å². The molecular weight excluding hydrogens is 311 g/mol. The molecule has 0 atom stereocenters. The van der Waals surface area contributed by atoms with E-state index in [1.807, 2.05) is 0 Å². The van der Waals surface area contributed by atoms with E-state index < -0.39 is 0 Å². The smallest absolute Gasteiger partial charge is 0.0881 e. The van der Waals surface area contributed by atoms with Crippen molar-refractivity contribution in [2.45, 2.75) is 6.82 Å². The molecule has 4 rings (SSSR count). The first kappa shape index (κ1) is 16.4. The number of hydrogen-bond donors (Lipinski definition) is 0. The van der Waals surface area contributed by atoms with Crippen molar-refractivity contribution in [3.63, 3.8) is 0 Å². The van der Waals surface area contributed by atoms with Crippen LogP contribution in [0.5, 0.6) is 0 Å². The molecule has 4 aromatic rings. The van der Waals surface area contributed by atoms with Crippen LogP contribution in [-0.2, 0) is 0 Å². The molecule has 0 amide bonds. The highest BCUT2D eigenvalue weighted by molar-refractivity contribution is 6.51. The van der Waals surface area contributed by atoms with Gasteiger partial charge in [0.1, 0.15) is 7.28 Å². The van der Waals surface area contributed by atoms with Crippen molar-refractivity contribution < 1.29 is 0 Å². The van der Waals surface area contributed by atoms with E-state index in [2.05, 4.69) is 117 Å². The molecule has 1 radical (unpaired) electrons. The molecule has 0 spiro atoms. The minimum absolute atomic E-state index is 1.24. The molecule has 0 aliphatic carbocycles. The summed E-state index contributed by atoms with van der Waals surface area (Å²) in [4.78, 5) is 0. The molecule has 1 heteroatoms. The Kier molecular flexibility index (Phi) is 4.70. The zero-order valence-electron chi connectivity index (χ0n) is 14.9. The third-order valence-electron chi connectivity index (χ3n) is 4.72. The summed E-state index contributed by atoms with van der Waals surface area (Å²) in [6.07, 6.45) is 0. The van der Waals surface area contributed by atoms with Crippen molar-refractivity contribution in [3.05, 3.63) is 103 Å². The molecule has 26 heavy (non-hydrogen) atoms. The summed E-state index contributed by atoms with van der Waals surface area (Å²) in [6, 6.07) is 36.8. The summed E-state index contributed by atoms with van der Waals surface area (Å²) in [6.45, 7) is 2.07. The van der Waals surface area contributed by atoms with E-state index in [1.54, 1.807) is 0 Å². The molecule has 123 valence electrons. The van der Waals surface area contributed by atoms with E-state index in [9.17, 15) is 0 Å². The van der Waals surface area contributed by atoms with Gasteiger partial charge >= 0.3 is 0 Å². The van der Waals surface area contributed by atoms with Crippen LogP contribution in [0.15, 0.2) is 103 Å². The lowest BCUT2D eigenvalue weighted by Crippen LogP contribution is -2.08. The highest BCUT2D eigenvalue weighted by Gasteiger charge is 2.07. The van der Waals surface area contributed by atoms with E-state index in [0.717, 1.165) is 0 Å². The van der Waals surface area contributed by atoms with Crippen LogP contribution in [0.25, 0.3) is 33.4 Å². The van der Waals surface area contributed by atoms with E-state index in [1.165, 1.54) is 38.8 Å². The lowest BCUT2D eigenvalue weighted by atomic mass is 9.73. The van der Waals surface area contributed by atoms with Crippen molar-refractivity contribution in [1.29, 1.82) is 0 Å². The fraction of sp³-hybridized carbons (Fsp3) is 0.0400. The molecule has 0 aliphatic heterocycles. The Balaban J connectivity index is 1.87. The molecule has 0 saturated carbocycles. The van der Waals surface area contributed by atoms with Crippen LogP contribution in [0.3, 0.4) is 0 Å². The summed E-state index contributed by atoms with van der Waals surface area (Å²) >= 11 is 0. The van der Waals surface area contributed by atoms with Gasteiger partial charge < -0.3 is 0 Å². The average Bonchev–Trinajstić information content (AvgIpc) is 2.75. The second kappa shape index (κ2) is 7.45. The lowest BCUT2D eigenvalue weighted by molar-refractivity contribution is 1.57. The zero-order chi connectivity index (χ0) is 17.8. The third-order valence-corrected chi connectivity index (χ3v) is 4.72. The maximum Gasteiger partial charge on any atom is 0.148 e. The van der Waals surface area contributed by atoms with Gasteiger partial charge in [-0.15, -0.1) is 0 Å². The van der Waals surface area contributed by atoms with Crippen LogP contribution in [0.2, 0.25) is 6.82 Å². The predicted molar refractivity (Wildman–Crippen MR) is 114 cm³/mol. The Hall–Kier alpha value is -3.06. The summed E-state index contributed by atoms with van der Waals surface area (Å²) in [5.74, 6) is 0. The number of rotatable bonds is 4. The maximum atomic E-state index is 2.28. The van der Waals surface area contributed by atoms with Crippen LogP contribution >= 0.6 is 0 Å². The molecule has 0 aromatic heterocycles. The lowest BCUT2D eigenvalue weighted by Gasteiger charge is -2.11. The Morgan fingerprint density at radius 2 is 0.808 bits per heavy atom. The van der Waals surface area contributed by atoms with Gasteiger partial charge in [-0.05, 0) is 51.6 Å². The molecule has 0 bridgehead atoms. The number of benzene rings is 4. The quantitative estimate of drug-likeness (QED) is 0.398. The van der Waals surface area contributed by atoms with Crippen LogP contribution in [0, 0.1) is 0 Å². The highest BCUT2D eigenvalue weighted by atomic mass is 14.1. The van der Waals surface area contributed by atoms with E-state index >= 15 is 0 Å². The standard InChI is InChI=1S/C25H20B/c1-26-25-14-12-21(13-15-25)24-17-22(19-8-4-2-5-9-19)16-23(18-24)20-10-6-3-7-11-20/h2-18H,1H3. The first-order valence-corrected chi connectivity index (χ1v) is 8.99. The maximum absolute atomic E-state index is 2.28. The largest absolute Gasteiger partial charge is 0.148 e. The van der Waals surface area contributed by atoms with Gasteiger partial charge in [-0.2, -0.15) is 0 Å². The van der Waals surface area contributed by atoms with Crippen molar-refractivity contribution in [2.24, 2.45) is 0 Å². The number of hydrogen-bond acceptors (Lipinski definition) is 0. The molecular formula is C25H20B. The minimum atomic E-state index is 1.24. The summed E-state index contributed by atoms with van der Waals surface area (Å²) < 4.78 is 0. The molecule has 0 N–H and O–H groups in total. The Morgan fingerprint density at radius 3 is 1.19 bits per heavy atom. The fourth-order valence-electron chi connectivity index (χ4n) is 3.26. The van der Waals surface area contributed by atoms with Gasteiger partial charge in [0.15, 0.2) is 0 Å². The summed E-state index contributed by atoms with van der Waals surface area (Å²) in [5.41, 5.74) is 8.70. The molecule has 4 aromatic carbocycles. The van der Waals surface area contributed by atoms with Crippen molar-refractivity contribution in [3.8, 4) is 33.4 Å². The van der Waals surface area contributed by atoms with Crippen LogP contribution in [-0.4, -0.2) is 7.28 Å². The SMILES string of the molecule is C[B]c1ccc(-c2cc(-c3ccccc3)cc(-c3ccccc3)c2)cc1. The van der Waals surface area contributed by atoms with Gasteiger partial charge in [0.25, 0.3) is 0 Å². The van der Waals surface area contributed by atoms with Gasteiger partial charge in [0.2, 0.25) is 0 Å². The van der Waals surface area contributed by atoms with Gasteiger partial charge in [0.05, 0.1) is 0 Å². The average molecular weight is 331 g/mol. The third kappa shape index (κ3) is 3.48. The van der Waals surface area contributed by atoms with Crippen LogP contribution < -0.4 is 5.46 Å². The first-order chi connectivity index (χ1) is 12.8. The zero-order valence-corrected chi connectivity index (χ0v) is 14.9. The molecule has 0 nitrogen and oxygen atoms in total. The van der Waals surface area contributed by atoms with E-state index in [4.69, 9.17) is 0 Å². The Bertz CT molecular complexity index is 929. The van der Waals surface area contributed by atoms with Crippen molar-refractivity contribution in [1.82, 2.24) is 0 Å². The fourth-order valence-corrected chi connectivity index (χ4v) is 3.26. The molecule has 0 aliphatic rings. The minimum Gasteiger partial charge on any atom is -0.0881 e. The van der Waals surface area contributed by atoms with E-state index in [0.29, 0.717) is 0 Å². The van der Waals surface area contributed by atoms with Gasteiger partial charge in [-0.25, -0.2) is 0 Å². The predicted octanol–water partition coefficient (Wildman–Crippen LogP) is 6.07. The van der Waals surface area contributed by atoms with Gasteiger partial charge in [-0.1, -0.05) is 97.2 Å².